The lowest BCUT2D eigenvalue weighted by molar-refractivity contribution is -0.154. The van der Waals surface area contributed by atoms with E-state index in [4.69, 9.17) is 4.74 Å². The van der Waals surface area contributed by atoms with Crippen LogP contribution in [0.2, 0.25) is 0 Å². The zero-order valence-electron chi connectivity index (χ0n) is 12.9. The fourth-order valence-electron chi connectivity index (χ4n) is 1.53. The van der Waals surface area contributed by atoms with E-state index >= 15 is 0 Å². The number of ether oxygens (including phenoxy) is 2. The molecule has 0 aliphatic rings. The van der Waals surface area contributed by atoms with Crippen LogP contribution in [0.5, 0.6) is 5.88 Å². The largest absolute Gasteiger partial charge is 0.467 e. The third-order valence-corrected chi connectivity index (χ3v) is 2.67. The molecule has 23 heavy (non-hydrogen) atoms. The molecular weight excluding hydrogens is 315 g/mol. The Labute approximate surface area is 132 Å². The first kappa shape index (κ1) is 19.1. The fraction of sp³-hybridized carbons (Fsp3) is 0.643. The van der Waals surface area contributed by atoms with E-state index < -0.39 is 12.8 Å². The number of unbranched alkanes of at least 4 members (excludes halogenated alkanes) is 2. The molecule has 6 nitrogen and oxygen atoms in total. The number of hydrogen-bond acceptors (Lipinski definition) is 5. The van der Waals surface area contributed by atoms with Crippen molar-refractivity contribution in [2.24, 2.45) is 0 Å². The second kappa shape index (κ2) is 9.98. The number of halogens is 3. The van der Waals surface area contributed by atoms with Crippen LogP contribution in [0.4, 0.5) is 13.2 Å². The van der Waals surface area contributed by atoms with Gasteiger partial charge < -0.3 is 14.8 Å². The van der Waals surface area contributed by atoms with Gasteiger partial charge in [-0.05, 0) is 12.5 Å². The Balaban J connectivity index is 2.23. The molecule has 0 aromatic carbocycles. The number of aromatic nitrogens is 2. The van der Waals surface area contributed by atoms with Crippen LogP contribution in [0.15, 0.2) is 12.1 Å². The minimum atomic E-state index is -4.43. The summed E-state index contributed by atoms with van der Waals surface area (Å²) in [7, 11) is 0. The summed E-state index contributed by atoms with van der Waals surface area (Å²) < 4.78 is 45.5. The van der Waals surface area contributed by atoms with Crippen LogP contribution in [0, 0.1) is 0 Å². The highest BCUT2D eigenvalue weighted by Crippen LogP contribution is 2.16. The second-order valence-corrected chi connectivity index (χ2v) is 4.80. The van der Waals surface area contributed by atoms with Crippen molar-refractivity contribution in [1.82, 2.24) is 15.5 Å². The van der Waals surface area contributed by atoms with E-state index in [1.165, 1.54) is 12.1 Å². The quantitative estimate of drug-likeness (QED) is 0.664. The molecular formula is C14H20F3N3O3. The third-order valence-electron chi connectivity index (χ3n) is 2.67. The summed E-state index contributed by atoms with van der Waals surface area (Å²) in [6.45, 7) is 1.26. The van der Waals surface area contributed by atoms with Crippen LogP contribution >= 0.6 is 0 Å². The van der Waals surface area contributed by atoms with Crippen molar-refractivity contribution in [2.75, 3.05) is 19.8 Å². The summed E-state index contributed by atoms with van der Waals surface area (Å²) in [4.78, 5) is 11.5. The lowest BCUT2D eigenvalue weighted by Gasteiger charge is -2.08. The molecule has 1 amide bonds. The molecule has 1 heterocycles. The molecule has 0 aliphatic carbocycles. The monoisotopic (exact) mass is 335 g/mol. The van der Waals surface area contributed by atoms with Crippen molar-refractivity contribution in [2.45, 2.75) is 38.9 Å². The van der Waals surface area contributed by atoms with Gasteiger partial charge in [-0.25, -0.2) is 0 Å². The standard InChI is InChI=1S/C14H20F3N3O3/c1-2-3-4-7-22-9-12(21)18-8-11-5-6-13(20-19-11)23-10-14(15,16)17/h5-6H,2-4,7-10H2,1H3,(H,18,21). The van der Waals surface area contributed by atoms with E-state index in [1.807, 2.05) is 0 Å². The van der Waals surface area contributed by atoms with Crippen LogP contribution in [0.1, 0.15) is 31.9 Å². The molecule has 0 radical (unpaired) electrons. The van der Waals surface area contributed by atoms with E-state index in [-0.39, 0.29) is 24.9 Å². The van der Waals surface area contributed by atoms with Gasteiger partial charge in [0.1, 0.15) is 6.61 Å². The Morgan fingerprint density at radius 3 is 2.65 bits per heavy atom. The van der Waals surface area contributed by atoms with Gasteiger partial charge in [-0.2, -0.15) is 18.3 Å². The number of nitrogens with one attached hydrogen (secondary N) is 1. The highest BCUT2D eigenvalue weighted by atomic mass is 19.4. The molecule has 1 N–H and O–H groups in total. The maximum atomic E-state index is 12.0. The molecule has 0 saturated carbocycles. The zero-order valence-corrected chi connectivity index (χ0v) is 12.9. The minimum absolute atomic E-state index is 0.0378. The number of carbonyl (C=O) groups is 1. The van der Waals surface area contributed by atoms with E-state index in [2.05, 4.69) is 27.2 Å². The number of carbonyl (C=O) groups excluding carboxylic acids is 1. The molecule has 0 spiro atoms. The van der Waals surface area contributed by atoms with Crippen molar-refractivity contribution < 1.29 is 27.4 Å². The maximum absolute atomic E-state index is 12.0. The number of rotatable bonds is 10. The maximum Gasteiger partial charge on any atom is 0.422 e. The predicted octanol–water partition coefficient (Wildman–Crippen LogP) is 2.24. The first-order valence-electron chi connectivity index (χ1n) is 7.27. The highest BCUT2D eigenvalue weighted by Gasteiger charge is 2.28. The smallest absolute Gasteiger partial charge is 0.422 e. The fourth-order valence-corrected chi connectivity index (χ4v) is 1.53. The zero-order chi connectivity index (χ0) is 17.1. The normalized spacial score (nSPS) is 11.3. The molecule has 130 valence electrons. The van der Waals surface area contributed by atoms with Gasteiger partial charge in [0, 0.05) is 12.7 Å². The Morgan fingerprint density at radius 2 is 2.04 bits per heavy atom. The minimum Gasteiger partial charge on any atom is -0.467 e. The molecule has 1 aromatic heterocycles. The van der Waals surface area contributed by atoms with Crippen molar-refractivity contribution in [3.8, 4) is 5.88 Å². The molecule has 0 unspecified atom stereocenters. The van der Waals surface area contributed by atoms with Gasteiger partial charge >= 0.3 is 6.18 Å². The van der Waals surface area contributed by atoms with Gasteiger partial charge in [0.05, 0.1) is 12.2 Å². The molecule has 1 rings (SSSR count). The highest BCUT2D eigenvalue weighted by molar-refractivity contribution is 5.77. The van der Waals surface area contributed by atoms with Crippen molar-refractivity contribution in [3.05, 3.63) is 17.8 Å². The summed E-state index contributed by atoms with van der Waals surface area (Å²) in [6.07, 6.45) is -1.38. The van der Waals surface area contributed by atoms with E-state index in [0.717, 1.165) is 19.3 Å². The van der Waals surface area contributed by atoms with Gasteiger partial charge in [0.15, 0.2) is 6.61 Å². The van der Waals surface area contributed by atoms with Crippen LogP contribution in [-0.2, 0) is 16.1 Å². The molecule has 0 saturated heterocycles. The summed E-state index contributed by atoms with van der Waals surface area (Å²) in [5.41, 5.74) is 0.406. The van der Waals surface area contributed by atoms with Crippen LogP contribution < -0.4 is 10.1 Å². The van der Waals surface area contributed by atoms with Gasteiger partial charge in [0.2, 0.25) is 11.8 Å². The second-order valence-electron chi connectivity index (χ2n) is 4.80. The predicted molar refractivity (Wildman–Crippen MR) is 75.8 cm³/mol. The van der Waals surface area contributed by atoms with Crippen LogP contribution in [0.25, 0.3) is 0 Å². The number of alkyl halides is 3. The van der Waals surface area contributed by atoms with E-state index in [0.29, 0.717) is 12.3 Å². The number of amides is 1. The van der Waals surface area contributed by atoms with Crippen molar-refractivity contribution in [3.63, 3.8) is 0 Å². The van der Waals surface area contributed by atoms with Gasteiger partial charge in [-0.15, -0.1) is 5.10 Å². The van der Waals surface area contributed by atoms with Crippen LogP contribution in [0.3, 0.4) is 0 Å². The average Bonchev–Trinajstić information content (AvgIpc) is 2.51. The summed E-state index contributed by atoms with van der Waals surface area (Å²) >= 11 is 0. The third kappa shape index (κ3) is 9.67. The van der Waals surface area contributed by atoms with Gasteiger partial charge in [-0.3, -0.25) is 4.79 Å². The van der Waals surface area contributed by atoms with E-state index in [1.54, 1.807) is 0 Å². The van der Waals surface area contributed by atoms with E-state index in [9.17, 15) is 18.0 Å². The summed E-state index contributed by atoms with van der Waals surface area (Å²) in [5, 5.41) is 9.75. The molecule has 0 atom stereocenters. The average molecular weight is 335 g/mol. The first-order valence-corrected chi connectivity index (χ1v) is 7.27. The lowest BCUT2D eigenvalue weighted by atomic mass is 10.3. The Morgan fingerprint density at radius 1 is 1.26 bits per heavy atom. The lowest BCUT2D eigenvalue weighted by Crippen LogP contribution is -2.27. The molecule has 0 aliphatic heterocycles. The summed E-state index contributed by atoms with van der Waals surface area (Å²) in [5.74, 6) is -0.516. The SMILES string of the molecule is CCCCCOCC(=O)NCc1ccc(OCC(F)(F)F)nn1. The van der Waals surface area contributed by atoms with Crippen molar-refractivity contribution >= 4 is 5.91 Å². The molecule has 0 bridgehead atoms. The Bertz CT molecular complexity index is 467. The molecule has 9 heteroatoms. The Hall–Kier alpha value is -1.90. The Kier molecular flexibility index (Phi) is 8.31. The molecule has 0 fully saturated rings. The number of nitrogens with zero attached hydrogens (tertiary/aromatic N) is 2. The molecule has 1 aromatic rings. The van der Waals surface area contributed by atoms with Crippen LogP contribution in [-0.4, -0.2) is 42.1 Å². The topological polar surface area (TPSA) is 73.3 Å². The first-order chi connectivity index (χ1) is 10.9. The summed E-state index contributed by atoms with van der Waals surface area (Å²) in [6, 6.07) is 2.70. The van der Waals surface area contributed by atoms with Gasteiger partial charge in [-0.1, -0.05) is 19.8 Å². The van der Waals surface area contributed by atoms with Gasteiger partial charge in [0.25, 0.3) is 0 Å². The number of hydrogen-bond donors (Lipinski definition) is 1. The van der Waals surface area contributed by atoms with Crippen molar-refractivity contribution in [1.29, 1.82) is 0 Å².